The lowest BCUT2D eigenvalue weighted by Crippen LogP contribution is -2.48. The second-order valence-corrected chi connectivity index (χ2v) is 6.96. The summed E-state index contributed by atoms with van der Waals surface area (Å²) in [5, 5.41) is 0.494. The first kappa shape index (κ1) is 19.2. The van der Waals surface area contributed by atoms with Crippen LogP contribution in [0.4, 0.5) is 5.69 Å². The van der Waals surface area contributed by atoms with Crippen LogP contribution < -0.4 is 9.64 Å². The molecule has 1 saturated heterocycles. The van der Waals surface area contributed by atoms with Crippen molar-refractivity contribution in [3.05, 3.63) is 59.1 Å². The summed E-state index contributed by atoms with van der Waals surface area (Å²) in [6.07, 6.45) is 0.299. The van der Waals surface area contributed by atoms with Crippen molar-refractivity contribution in [2.45, 2.75) is 13.3 Å². The molecular formula is C21H23ClN2O3. The molecule has 0 saturated carbocycles. The molecule has 27 heavy (non-hydrogen) atoms. The monoisotopic (exact) mass is 386 g/mol. The third kappa shape index (κ3) is 5.01. The first-order valence-corrected chi connectivity index (χ1v) is 9.40. The Morgan fingerprint density at radius 2 is 1.67 bits per heavy atom. The Morgan fingerprint density at radius 1 is 1.00 bits per heavy atom. The molecule has 0 atom stereocenters. The Balaban J connectivity index is 1.61. The number of halogens is 1. The van der Waals surface area contributed by atoms with Gasteiger partial charge >= 0.3 is 0 Å². The number of Topliss-reactive ketones (excluding diaryl/α,β-unsaturated/α-hetero) is 1. The zero-order valence-corrected chi connectivity index (χ0v) is 16.1. The van der Waals surface area contributed by atoms with E-state index in [-0.39, 0.29) is 18.3 Å². The van der Waals surface area contributed by atoms with Crippen LogP contribution in [-0.4, -0.2) is 49.4 Å². The van der Waals surface area contributed by atoms with Crippen LogP contribution in [0.15, 0.2) is 48.5 Å². The van der Waals surface area contributed by atoms with Crippen molar-refractivity contribution in [2.24, 2.45) is 0 Å². The maximum Gasteiger partial charge on any atom is 0.219 e. The number of carbonyl (C=O) groups is 2. The maximum absolute atomic E-state index is 12.4. The molecular weight excluding hydrogens is 364 g/mol. The fraction of sp³-hybridized carbons (Fsp3) is 0.333. The number of ketones is 1. The Hall–Kier alpha value is -2.53. The summed E-state index contributed by atoms with van der Waals surface area (Å²) >= 11 is 6.06. The second kappa shape index (κ2) is 8.91. The minimum atomic E-state index is -0.0177. The number of carbonyl (C=O) groups excluding carboxylic acids is 2. The van der Waals surface area contributed by atoms with Gasteiger partial charge in [0.1, 0.15) is 12.4 Å². The predicted octanol–water partition coefficient (Wildman–Crippen LogP) is 3.20. The van der Waals surface area contributed by atoms with Crippen LogP contribution in [0.25, 0.3) is 0 Å². The van der Waals surface area contributed by atoms with Gasteiger partial charge in [-0.1, -0.05) is 41.9 Å². The molecule has 0 unspecified atom stereocenters. The highest BCUT2D eigenvalue weighted by molar-refractivity contribution is 6.32. The van der Waals surface area contributed by atoms with Gasteiger partial charge in [-0.05, 0) is 23.8 Å². The van der Waals surface area contributed by atoms with Crippen molar-refractivity contribution in [1.82, 2.24) is 4.90 Å². The van der Waals surface area contributed by atoms with E-state index in [0.29, 0.717) is 30.3 Å². The molecule has 0 N–H and O–H groups in total. The van der Waals surface area contributed by atoms with Gasteiger partial charge < -0.3 is 14.5 Å². The standard InChI is InChI=1S/C21H23ClN2O3/c1-16(25)23-10-12-24(13-11-23)20-8-4-2-6-17(20)14-18(26)15-27-21-9-5-3-7-19(21)22/h2-9H,10-15H2,1H3. The summed E-state index contributed by atoms with van der Waals surface area (Å²) in [6, 6.07) is 15.0. The van der Waals surface area contributed by atoms with Crippen LogP contribution in [-0.2, 0) is 16.0 Å². The van der Waals surface area contributed by atoms with E-state index in [1.54, 1.807) is 19.1 Å². The van der Waals surface area contributed by atoms with Crippen LogP contribution in [0, 0.1) is 0 Å². The Labute approximate surface area is 164 Å². The fourth-order valence-corrected chi connectivity index (χ4v) is 3.40. The zero-order valence-electron chi connectivity index (χ0n) is 15.4. The summed E-state index contributed by atoms with van der Waals surface area (Å²) in [4.78, 5) is 28.0. The van der Waals surface area contributed by atoms with Gasteiger partial charge in [0, 0.05) is 45.2 Å². The van der Waals surface area contributed by atoms with E-state index in [1.165, 1.54) is 0 Å². The van der Waals surface area contributed by atoms with Crippen LogP contribution in [0.5, 0.6) is 5.75 Å². The minimum absolute atomic E-state index is 0.00950. The van der Waals surface area contributed by atoms with Crippen molar-refractivity contribution in [1.29, 1.82) is 0 Å². The van der Waals surface area contributed by atoms with Crippen LogP contribution >= 0.6 is 11.6 Å². The van der Waals surface area contributed by atoms with E-state index < -0.39 is 0 Å². The van der Waals surface area contributed by atoms with E-state index in [2.05, 4.69) is 4.90 Å². The molecule has 0 spiro atoms. The molecule has 1 aliphatic heterocycles. The quantitative estimate of drug-likeness (QED) is 0.765. The lowest BCUT2D eigenvalue weighted by molar-refractivity contribution is -0.129. The molecule has 3 rings (SSSR count). The molecule has 1 fully saturated rings. The highest BCUT2D eigenvalue weighted by Crippen LogP contribution is 2.24. The van der Waals surface area contributed by atoms with Gasteiger partial charge in [0.2, 0.25) is 5.91 Å². The normalized spacial score (nSPS) is 14.1. The SMILES string of the molecule is CC(=O)N1CCN(c2ccccc2CC(=O)COc2ccccc2Cl)CC1. The minimum Gasteiger partial charge on any atom is -0.484 e. The average molecular weight is 387 g/mol. The Bertz CT molecular complexity index is 817. The van der Waals surface area contributed by atoms with Gasteiger partial charge in [0.25, 0.3) is 0 Å². The number of piperazine rings is 1. The molecule has 142 valence electrons. The highest BCUT2D eigenvalue weighted by atomic mass is 35.5. The number of benzene rings is 2. The van der Waals surface area contributed by atoms with E-state index in [1.807, 2.05) is 41.3 Å². The predicted molar refractivity (Wildman–Crippen MR) is 107 cm³/mol. The average Bonchev–Trinajstić information content (AvgIpc) is 2.68. The van der Waals surface area contributed by atoms with Crippen molar-refractivity contribution < 1.29 is 14.3 Å². The molecule has 1 heterocycles. The third-order valence-corrected chi connectivity index (χ3v) is 4.98. The number of anilines is 1. The summed E-state index contributed by atoms with van der Waals surface area (Å²) in [5.74, 6) is 0.612. The number of para-hydroxylation sites is 2. The van der Waals surface area contributed by atoms with Crippen molar-refractivity contribution >= 4 is 29.0 Å². The zero-order chi connectivity index (χ0) is 19.2. The summed E-state index contributed by atoms with van der Waals surface area (Å²) in [5.41, 5.74) is 2.02. The molecule has 5 nitrogen and oxygen atoms in total. The molecule has 0 radical (unpaired) electrons. The van der Waals surface area contributed by atoms with Gasteiger partial charge in [-0.3, -0.25) is 9.59 Å². The van der Waals surface area contributed by atoms with Gasteiger partial charge in [0.15, 0.2) is 5.78 Å². The molecule has 1 amide bonds. The summed E-state index contributed by atoms with van der Waals surface area (Å²) in [7, 11) is 0. The molecule has 2 aromatic carbocycles. The number of hydrogen-bond acceptors (Lipinski definition) is 4. The second-order valence-electron chi connectivity index (χ2n) is 6.56. The molecule has 1 aliphatic rings. The molecule has 0 aliphatic carbocycles. The number of ether oxygens (including phenoxy) is 1. The lowest BCUT2D eigenvalue weighted by atomic mass is 10.1. The van der Waals surface area contributed by atoms with Crippen LogP contribution in [0.2, 0.25) is 5.02 Å². The van der Waals surface area contributed by atoms with Crippen molar-refractivity contribution in [2.75, 3.05) is 37.7 Å². The number of hydrogen-bond donors (Lipinski definition) is 0. The number of rotatable bonds is 6. The molecule has 2 aromatic rings. The first-order chi connectivity index (χ1) is 13.0. The maximum atomic E-state index is 12.4. The van der Waals surface area contributed by atoms with Crippen LogP contribution in [0.3, 0.4) is 0 Å². The molecule has 0 bridgehead atoms. The van der Waals surface area contributed by atoms with E-state index in [4.69, 9.17) is 16.3 Å². The molecule has 0 aromatic heterocycles. The van der Waals surface area contributed by atoms with E-state index >= 15 is 0 Å². The summed E-state index contributed by atoms with van der Waals surface area (Å²) in [6.45, 7) is 4.51. The van der Waals surface area contributed by atoms with Crippen molar-refractivity contribution in [3.8, 4) is 5.75 Å². The summed E-state index contributed by atoms with van der Waals surface area (Å²) < 4.78 is 5.56. The number of nitrogens with zero attached hydrogens (tertiary/aromatic N) is 2. The van der Waals surface area contributed by atoms with E-state index in [9.17, 15) is 9.59 Å². The first-order valence-electron chi connectivity index (χ1n) is 9.02. The smallest absolute Gasteiger partial charge is 0.219 e. The van der Waals surface area contributed by atoms with Gasteiger partial charge in [-0.15, -0.1) is 0 Å². The lowest BCUT2D eigenvalue weighted by Gasteiger charge is -2.36. The van der Waals surface area contributed by atoms with Gasteiger partial charge in [0.05, 0.1) is 5.02 Å². The van der Waals surface area contributed by atoms with Gasteiger partial charge in [-0.25, -0.2) is 0 Å². The topological polar surface area (TPSA) is 49.9 Å². The third-order valence-electron chi connectivity index (χ3n) is 4.67. The Kier molecular flexibility index (Phi) is 6.35. The largest absolute Gasteiger partial charge is 0.484 e. The van der Waals surface area contributed by atoms with Crippen LogP contribution in [0.1, 0.15) is 12.5 Å². The Morgan fingerprint density at radius 3 is 2.37 bits per heavy atom. The van der Waals surface area contributed by atoms with E-state index in [0.717, 1.165) is 24.3 Å². The molecule has 6 heteroatoms. The highest BCUT2D eigenvalue weighted by Gasteiger charge is 2.21. The van der Waals surface area contributed by atoms with Gasteiger partial charge in [-0.2, -0.15) is 0 Å². The fourth-order valence-electron chi connectivity index (χ4n) is 3.21. The number of amides is 1. The van der Waals surface area contributed by atoms with Crippen molar-refractivity contribution in [3.63, 3.8) is 0 Å².